The van der Waals surface area contributed by atoms with E-state index in [0.29, 0.717) is 5.41 Å². The van der Waals surface area contributed by atoms with E-state index in [0.717, 1.165) is 29.8 Å². The van der Waals surface area contributed by atoms with Crippen LogP contribution in [0.2, 0.25) is 0 Å². The van der Waals surface area contributed by atoms with Gasteiger partial charge in [-0.05, 0) is 49.4 Å². The smallest absolute Gasteiger partial charge is 0.0132 e. The van der Waals surface area contributed by atoms with Crippen molar-refractivity contribution < 1.29 is 0 Å². The topological polar surface area (TPSA) is 12.0 Å². The largest absolute Gasteiger partial charge is 0.311 e. The minimum Gasteiger partial charge on any atom is -0.311 e. The Hall–Kier alpha value is -0.0400. The van der Waals surface area contributed by atoms with Crippen molar-refractivity contribution in [3.63, 3.8) is 0 Å². The van der Waals surface area contributed by atoms with E-state index < -0.39 is 0 Å². The van der Waals surface area contributed by atoms with Crippen LogP contribution in [0, 0.1) is 23.2 Å². The molecule has 6 atom stereocenters. The van der Waals surface area contributed by atoms with E-state index in [2.05, 4.69) is 26.1 Å². The van der Waals surface area contributed by atoms with Gasteiger partial charge in [0.25, 0.3) is 0 Å². The van der Waals surface area contributed by atoms with Gasteiger partial charge in [0.05, 0.1) is 0 Å². The van der Waals surface area contributed by atoms with Crippen LogP contribution in [-0.4, -0.2) is 12.1 Å². The van der Waals surface area contributed by atoms with Gasteiger partial charge in [0.1, 0.15) is 0 Å². The molecule has 0 aromatic rings. The van der Waals surface area contributed by atoms with Gasteiger partial charge < -0.3 is 5.32 Å². The lowest BCUT2D eigenvalue weighted by Gasteiger charge is -2.34. The number of rotatable bonds is 0. The second-order valence-electron chi connectivity index (χ2n) is 6.15. The van der Waals surface area contributed by atoms with Gasteiger partial charge in [0, 0.05) is 12.1 Å². The second kappa shape index (κ2) is 2.75. The van der Waals surface area contributed by atoms with Gasteiger partial charge in [0.15, 0.2) is 0 Å². The van der Waals surface area contributed by atoms with Crippen LogP contribution in [0.5, 0.6) is 0 Å². The molecule has 1 heterocycles. The average molecular weight is 193 g/mol. The molecule has 2 aliphatic carbocycles. The first-order chi connectivity index (χ1) is 6.66. The van der Waals surface area contributed by atoms with Gasteiger partial charge in [-0.1, -0.05) is 20.3 Å². The fraction of sp³-hybridized carbons (Fsp3) is 1.00. The lowest BCUT2D eigenvalue weighted by Crippen LogP contribution is -2.36. The predicted molar refractivity (Wildman–Crippen MR) is 59.1 cm³/mol. The molecule has 1 aliphatic heterocycles. The van der Waals surface area contributed by atoms with Gasteiger partial charge in [-0.2, -0.15) is 0 Å². The van der Waals surface area contributed by atoms with Crippen molar-refractivity contribution in [1.82, 2.24) is 5.32 Å². The van der Waals surface area contributed by atoms with Crippen LogP contribution >= 0.6 is 0 Å². The van der Waals surface area contributed by atoms with Crippen molar-refractivity contribution in [2.75, 3.05) is 0 Å². The fourth-order valence-corrected chi connectivity index (χ4v) is 5.44. The molecule has 1 N–H and O–H groups in total. The van der Waals surface area contributed by atoms with Crippen LogP contribution in [0.3, 0.4) is 0 Å². The van der Waals surface area contributed by atoms with E-state index in [-0.39, 0.29) is 0 Å². The molecule has 0 amide bonds. The highest BCUT2D eigenvalue weighted by atomic mass is 15.1. The Bertz CT molecular complexity index is 246. The Balaban J connectivity index is 2.03. The zero-order valence-corrected chi connectivity index (χ0v) is 9.72. The van der Waals surface area contributed by atoms with E-state index in [4.69, 9.17) is 0 Å². The summed E-state index contributed by atoms with van der Waals surface area (Å²) in [6.45, 7) is 7.41. The Morgan fingerprint density at radius 3 is 2.79 bits per heavy atom. The molecule has 14 heavy (non-hydrogen) atoms. The first-order valence-corrected chi connectivity index (χ1v) is 6.42. The van der Waals surface area contributed by atoms with E-state index in [1.165, 1.54) is 25.7 Å². The summed E-state index contributed by atoms with van der Waals surface area (Å²) in [7, 11) is 0. The van der Waals surface area contributed by atoms with Gasteiger partial charge in [-0.25, -0.2) is 0 Å². The molecule has 3 rings (SSSR count). The molecule has 0 aromatic heterocycles. The van der Waals surface area contributed by atoms with Gasteiger partial charge in [-0.15, -0.1) is 0 Å². The highest BCUT2D eigenvalue weighted by molar-refractivity contribution is 5.15. The third kappa shape index (κ3) is 0.856. The molecule has 1 spiro atoms. The third-order valence-corrected chi connectivity index (χ3v) is 5.63. The van der Waals surface area contributed by atoms with Crippen LogP contribution in [0.25, 0.3) is 0 Å². The first kappa shape index (κ1) is 9.21. The lowest BCUT2D eigenvalue weighted by atomic mass is 9.69. The third-order valence-electron chi connectivity index (χ3n) is 5.63. The van der Waals surface area contributed by atoms with Gasteiger partial charge >= 0.3 is 0 Å². The normalized spacial score (nSPS) is 61.5. The van der Waals surface area contributed by atoms with E-state index in [1.807, 2.05) is 0 Å². The average Bonchev–Trinajstić information content (AvgIpc) is 2.65. The van der Waals surface area contributed by atoms with E-state index in [9.17, 15) is 0 Å². The summed E-state index contributed by atoms with van der Waals surface area (Å²) in [4.78, 5) is 0. The van der Waals surface area contributed by atoms with Crippen molar-refractivity contribution in [1.29, 1.82) is 0 Å². The minimum atomic E-state index is 0.707. The molecular weight excluding hydrogens is 170 g/mol. The van der Waals surface area contributed by atoms with Gasteiger partial charge in [0.2, 0.25) is 0 Å². The molecule has 2 saturated carbocycles. The molecule has 0 radical (unpaired) electrons. The minimum absolute atomic E-state index is 0.707. The Labute approximate surface area is 87.7 Å². The zero-order chi connectivity index (χ0) is 9.92. The van der Waals surface area contributed by atoms with Crippen LogP contribution in [0.4, 0.5) is 0 Å². The standard InChI is InChI=1S/C13H23N/c1-8-7-9(2)13-6-4-5-11(13)14-10(3)12(8)13/h8-12,14H,4-7H2,1-3H3. The van der Waals surface area contributed by atoms with Crippen molar-refractivity contribution in [3.05, 3.63) is 0 Å². The van der Waals surface area contributed by atoms with Crippen LogP contribution in [-0.2, 0) is 0 Å². The molecule has 0 bridgehead atoms. The summed E-state index contributed by atoms with van der Waals surface area (Å²) in [6.07, 6.45) is 5.90. The van der Waals surface area contributed by atoms with Crippen LogP contribution in [0.1, 0.15) is 46.5 Å². The molecule has 0 aromatic carbocycles. The molecule has 6 unspecified atom stereocenters. The van der Waals surface area contributed by atoms with Crippen molar-refractivity contribution in [2.24, 2.45) is 23.2 Å². The fourth-order valence-electron chi connectivity index (χ4n) is 5.44. The Morgan fingerprint density at radius 2 is 2.00 bits per heavy atom. The van der Waals surface area contributed by atoms with Crippen LogP contribution < -0.4 is 5.32 Å². The summed E-state index contributed by atoms with van der Waals surface area (Å²) < 4.78 is 0. The molecule has 3 aliphatic rings. The van der Waals surface area contributed by atoms with Gasteiger partial charge in [-0.3, -0.25) is 0 Å². The highest BCUT2D eigenvalue weighted by Gasteiger charge is 2.62. The summed E-state index contributed by atoms with van der Waals surface area (Å²) in [6, 6.07) is 1.64. The second-order valence-corrected chi connectivity index (χ2v) is 6.15. The molecule has 1 nitrogen and oxygen atoms in total. The molecule has 1 saturated heterocycles. The highest BCUT2D eigenvalue weighted by Crippen LogP contribution is 2.63. The Kier molecular flexibility index (Phi) is 1.81. The Morgan fingerprint density at radius 1 is 1.21 bits per heavy atom. The molecular formula is C13H23N. The predicted octanol–water partition coefficient (Wildman–Crippen LogP) is 2.81. The summed E-state index contributed by atoms with van der Waals surface area (Å²) in [5, 5.41) is 3.87. The summed E-state index contributed by atoms with van der Waals surface area (Å²) in [5.74, 6) is 2.90. The molecule has 80 valence electrons. The zero-order valence-electron chi connectivity index (χ0n) is 9.72. The van der Waals surface area contributed by atoms with Crippen molar-refractivity contribution in [2.45, 2.75) is 58.5 Å². The van der Waals surface area contributed by atoms with Crippen LogP contribution in [0.15, 0.2) is 0 Å². The van der Waals surface area contributed by atoms with Crippen molar-refractivity contribution >= 4 is 0 Å². The SMILES string of the molecule is CC1CC(C)C23CCCC2NC(C)C13. The number of nitrogens with one attached hydrogen (secondary N) is 1. The maximum atomic E-state index is 3.87. The first-order valence-electron chi connectivity index (χ1n) is 6.42. The number of hydrogen-bond donors (Lipinski definition) is 1. The molecule has 3 fully saturated rings. The molecule has 1 heteroatoms. The van der Waals surface area contributed by atoms with Crippen molar-refractivity contribution in [3.8, 4) is 0 Å². The monoisotopic (exact) mass is 193 g/mol. The quantitative estimate of drug-likeness (QED) is 0.624. The summed E-state index contributed by atoms with van der Waals surface area (Å²) >= 11 is 0. The van der Waals surface area contributed by atoms with E-state index in [1.54, 1.807) is 0 Å². The summed E-state index contributed by atoms with van der Waals surface area (Å²) in [5.41, 5.74) is 0.707. The number of hydrogen-bond acceptors (Lipinski definition) is 1. The maximum absolute atomic E-state index is 3.87. The van der Waals surface area contributed by atoms with E-state index >= 15 is 0 Å². The maximum Gasteiger partial charge on any atom is 0.0132 e. The lowest BCUT2D eigenvalue weighted by molar-refractivity contribution is 0.157.